The van der Waals surface area contributed by atoms with Crippen LogP contribution in [0.1, 0.15) is 39.0 Å². The quantitative estimate of drug-likeness (QED) is 0.536. The Morgan fingerprint density at radius 1 is 1.23 bits per heavy atom. The van der Waals surface area contributed by atoms with E-state index in [1.54, 1.807) is 0 Å². The Kier molecular flexibility index (Phi) is 2.70. The summed E-state index contributed by atoms with van der Waals surface area (Å²) in [5.41, 5.74) is 1.41. The molecule has 2 heteroatoms. The Labute approximate surface area is 79.9 Å². The van der Waals surface area contributed by atoms with Crippen LogP contribution in [0, 0.1) is 0 Å². The van der Waals surface area contributed by atoms with Gasteiger partial charge in [-0.15, -0.1) is 0 Å². The fraction of sp³-hybridized carbons (Fsp3) is 0.818. The number of rotatable bonds is 0. The van der Waals surface area contributed by atoms with Crippen LogP contribution in [-0.2, 0) is 9.47 Å². The molecule has 1 saturated heterocycles. The molecule has 0 aromatic heterocycles. The van der Waals surface area contributed by atoms with Gasteiger partial charge in [0.1, 0.15) is 0 Å². The standard InChI is InChI=1S/C11H18O2/c1-10-5-4-6-11(9-10)12-7-2-3-8-13-11/h5H,2-4,6-9H2,1H3. The van der Waals surface area contributed by atoms with E-state index in [0.29, 0.717) is 0 Å². The van der Waals surface area contributed by atoms with Crippen LogP contribution < -0.4 is 0 Å². The second-order valence-corrected chi connectivity index (χ2v) is 4.08. The molecular weight excluding hydrogens is 164 g/mol. The maximum atomic E-state index is 5.84. The third kappa shape index (κ3) is 2.12. The normalized spacial score (nSPS) is 28.2. The predicted octanol–water partition coefficient (Wildman–Crippen LogP) is 2.64. The second-order valence-electron chi connectivity index (χ2n) is 4.08. The van der Waals surface area contributed by atoms with Crippen molar-refractivity contribution in [2.75, 3.05) is 13.2 Å². The Bertz CT molecular complexity index is 200. The van der Waals surface area contributed by atoms with Crippen LogP contribution in [0.3, 0.4) is 0 Å². The molecule has 0 radical (unpaired) electrons. The average molecular weight is 182 g/mol. The molecule has 0 bridgehead atoms. The molecular formula is C11H18O2. The van der Waals surface area contributed by atoms with E-state index < -0.39 is 0 Å². The maximum absolute atomic E-state index is 5.84. The molecule has 0 saturated carbocycles. The van der Waals surface area contributed by atoms with Crippen molar-refractivity contribution in [2.45, 2.75) is 44.8 Å². The van der Waals surface area contributed by atoms with Crippen LogP contribution in [0.25, 0.3) is 0 Å². The summed E-state index contributed by atoms with van der Waals surface area (Å²) in [6.45, 7) is 3.90. The Morgan fingerprint density at radius 3 is 2.54 bits per heavy atom. The molecule has 2 nitrogen and oxygen atoms in total. The van der Waals surface area contributed by atoms with Crippen LogP contribution in [-0.4, -0.2) is 19.0 Å². The van der Waals surface area contributed by atoms with E-state index in [2.05, 4.69) is 13.0 Å². The highest BCUT2D eigenvalue weighted by Crippen LogP contribution is 2.34. The number of ether oxygens (including phenoxy) is 2. The molecule has 1 fully saturated rings. The summed E-state index contributed by atoms with van der Waals surface area (Å²) in [4.78, 5) is 0. The zero-order valence-corrected chi connectivity index (χ0v) is 8.34. The van der Waals surface area contributed by atoms with Crippen molar-refractivity contribution >= 4 is 0 Å². The van der Waals surface area contributed by atoms with Crippen LogP contribution in [0.2, 0.25) is 0 Å². The monoisotopic (exact) mass is 182 g/mol. The van der Waals surface area contributed by atoms with Gasteiger partial charge in [0.05, 0.1) is 13.2 Å². The van der Waals surface area contributed by atoms with Gasteiger partial charge in [0.2, 0.25) is 0 Å². The van der Waals surface area contributed by atoms with E-state index in [-0.39, 0.29) is 5.79 Å². The van der Waals surface area contributed by atoms with Crippen molar-refractivity contribution in [1.82, 2.24) is 0 Å². The molecule has 0 amide bonds. The lowest BCUT2D eigenvalue weighted by Crippen LogP contribution is -2.37. The largest absolute Gasteiger partial charge is 0.350 e. The van der Waals surface area contributed by atoms with Crippen molar-refractivity contribution < 1.29 is 9.47 Å². The van der Waals surface area contributed by atoms with Gasteiger partial charge in [0.25, 0.3) is 0 Å². The zero-order valence-electron chi connectivity index (χ0n) is 8.34. The van der Waals surface area contributed by atoms with Crippen LogP contribution in [0.4, 0.5) is 0 Å². The van der Waals surface area contributed by atoms with Gasteiger partial charge in [-0.2, -0.15) is 0 Å². The SMILES string of the molecule is CC1=CCCC2(C1)OCCCCO2. The molecule has 1 spiro atoms. The predicted molar refractivity (Wildman–Crippen MR) is 51.5 cm³/mol. The van der Waals surface area contributed by atoms with E-state index >= 15 is 0 Å². The molecule has 0 atom stereocenters. The van der Waals surface area contributed by atoms with Gasteiger partial charge >= 0.3 is 0 Å². The molecule has 0 N–H and O–H groups in total. The summed E-state index contributed by atoms with van der Waals surface area (Å²) in [5, 5.41) is 0. The number of hydrogen-bond acceptors (Lipinski definition) is 2. The Balaban J connectivity index is 2.05. The minimum atomic E-state index is -0.255. The van der Waals surface area contributed by atoms with Gasteiger partial charge in [-0.25, -0.2) is 0 Å². The van der Waals surface area contributed by atoms with Crippen molar-refractivity contribution in [1.29, 1.82) is 0 Å². The van der Waals surface area contributed by atoms with Crippen LogP contribution >= 0.6 is 0 Å². The first-order valence-electron chi connectivity index (χ1n) is 5.24. The van der Waals surface area contributed by atoms with E-state index in [0.717, 1.165) is 45.3 Å². The fourth-order valence-corrected chi connectivity index (χ4v) is 2.13. The van der Waals surface area contributed by atoms with Crippen molar-refractivity contribution in [3.05, 3.63) is 11.6 Å². The molecule has 1 aliphatic heterocycles. The molecule has 74 valence electrons. The van der Waals surface area contributed by atoms with Gasteiger partial charge in [-0.1, -0.05) is 11.6 Å². The third-order valence-electron chi connectivity index (χ3n) is 2.84. The molecule has 13 heavy (non-hydrogen) atoms. The summed E-state index contributed by atoms with van der Waals surface area (Å²) in [5.74, 6) is -0.255. The lowest BCUT2D eigenvalue weighted by Gasteiger charge is -2.35. The first kappa shape index (κ1) is 9.22. The van der Waals surface area contributed by atoms with E-state index in [4.69, 9.17) is 9.47 Å². The van der Waals surface area contributed by atoms with Gasteiger partial charge < -0.3 is 9.47 Å². The minimum absolute atomic E-state index is 0.255. The third-order valence-corrected chi connectivity index (χ3v) is 2.84. The summed E-state index contributed by atoms with van der Waals surface area (Å²) in [6.07, 6.45) is 7.68. The molecule has 0 unspecified atom stereocenters. The molecule has 2 aliphatic rings. The van der Waals surface area contributed by atoms with Gasteiger partial charge in [-0.3, -0.25) is 0 Å². The summed E-state index contributed by atoms with van der Waals surface area (Å²) in [6, 6.07) is 0. The summed E-state index contributed by atoms with van der Waals surface area (Å²) < 4.78 is 11.7. The number of allylic oxidation sites excluding steroid dienone is 1. The molecule has 0 aromatic carbocycles. The summed E-state index contributed by atoms with van der Waals surface area (Å²) in [7, 11) is 0. The highest BCUT2D eigenvalue weighted by atomic mass is 16.7. The van der Waals surface area contributed by atoms with Crippen molar-refractivity contribution in [3.8, 4) is 0 Å². The van der Waals surface area contributed by atoms with Gasteiger partial charge in [-0.05, 0) is 26.2 Å². The second kappa shape index (κ2) is 3.81. The molecule has 0 aromatic rings. The highest BCUT2D eigenvalue weighted by molar-refractivity contribution is 5.06. The minimum Gasteiger partial charge on any atom is -0.350 e. The molecule has 1 heterocycles. The van der Waals surface area contributed by atoms with Gasteiger partial charge in [0, 0.05) is 12.8 Å². The first-order valence-corrected chi connectivity index (χ1v) is 5.24. The smallest absolute Gasteiger partial charge is 0.172 e. The molecule has 2 rings (SSSR count). The van der Waals surface area contributed by atoms with E-state index in [9.17, 15) is 0 Å². The highest BCUT2D eigenvalue weighted by Gasteiger charge is 2.34. The Morgan fingerprint density at radius 2 is 1.92 bits per heavy atom. The fourth-order valence-electron chi connectivity index (χ4n) is 2.13. The maximum Gasteiger partial charge on any atom is 0.172 e. The summed E-state index contributed by atoms with van der Waals surface area (Å²) >= 11 is 0. The van der Waals surface area contributed by atoms with E-state index in [1.165, 1.54) is 5.57 Å². The topological polar surface area (TPSA) is 18.5 Å². The number of hydrogen-bond donors (Lipinski definition) is 0. The Hall–Kier alpha value is -0.340. The van der Waals surface area contributed by atoms with Crippen LogP contribution in [0.15, 0.2) is 11.6 Å². The first-order chi connectivity index (χ1) is 6.31. The lowest BCUT2D eigenvalue weighted by molar-refractivity contribution is -0.229. The van der Waals surface area contributed by atoms with E-state index in [1.807, 2.05) is 0 Å². The zero-order chi connectivity index (χ0) is 9.15. The van der Waals surface area contributed by atoms with Crippen molar-refractivity contribution in [3.63, 3.8) is 0 Å². The molecule has 1 aliphatic carbocycles. The lowest BCUT2D eigenvalue weighted by atomic mass is 9.94. The van der Waals surface area contributed by atoms with Crippen LogP contribution in [0.5, 0.6) is 0 Å². The van der Waals surface area contributed by atoms with Gasteiger partial charge in [0.15, 0.2) is 5.79 Å². The average Bonchev–Trinajstić information content (AvgIpc) is 2.31. The van der Waals surface area contributed by atoms with Crippen molar-refractivity contribution in [2.24, 2.45) is 0 Å².